The average molecular weight is 359 g/mol. The van der Waals surface area contributed by atoms with Gasteiger partial charge in [0.25, 0.3) is 5.91 Å². The Morgan fingerprint density at radius 2 is 2.12 bits per heavy atom. The molecule has 1 aromatic heterocycles. The highest BCUT2D eigenvalue weighted by Crippen LogP contribution is 2.41. The Kier molecular flexibility index (Phi) is 4.53. The Balaban J connectivity index is 1.44. The third kappa shape index (κ3) is 3.03. The van der Waals surface area contributed by atoms with Crippen LogP contribution >= 0.6 is 0 Å². The van der Waals surface area contributed by atoms with E-state index >= 15 is 0 Å². The molecule has 142 valence electrons. The summed E-state index contributed by atoms with van der Waals surface area (Å²) >= 11 is 0. The van der Waals surface area contributed by atoms with Gasteiger partial charge in [0.05, 0.1) is 11.1 Å². The molecular formula is C20H29N3O3. The SMILES string of the molecule is CC(C)c1cc(C(=O)N2CC[C@]3(CCCN(CC4CCC4)C3=O)C2)on1. The summed E-state index contributed by atoms with van der Waals surface area (Å²) in [4.78, 5) is 29.8. The zero-order chi connectivity index (χ0) is 18.3. The quantitative estimate of drug-likeness (QED) is 0.829. The number of carbonyl (C=O) groups is 2. The van der Waals surface area contributed by atoms with Crippen LogP contribution < -0.4 is 0 Å². The van der Waals surface area contributed by atoms with Gasteiger partial charge in [-0.05, 0) is 43.9 Å². The van der Waals surface area contributed by atoms with Gasteiger partial charge in [-0.3, -0.25) is 9.59 Å². The van der Waals surface area contributed by atoms with Gasteiger partial charge in [0.15, 0.2) is 0 Å². The molecule has 6 nitrogen and oxygen atoms in total. The Morgan fingerprint density at radius 3 is 2.77 bits per heavy atom. The summed E-state index contributed by atoms with van der Waals surface area (Å²) in [5, 5.41) is 3.99. The fourth-order valence-electron chi connectivity index (χ4n) is 4.56. The van der Waals surface area contributed by atoms with E-state index in [2.05, 4.69) is 10.1 Å². The Labute approximate surface area is 154 Å². The summed E-state index contributed by atoms with van der Waals surface area (Å²) in [6.07, 6.45) is 6.51. The van der Waals surface area contributed by atoms with Crippen molar-refractivity contribution in [3.05, 3.63) is 17.5 Å². The van der Waals surface area contributed by atoms with Gasteiger partial charge < -0.3 is 14.3 Å². The van der Waals surface area contributed by atoms with Gasteiger partial charge in [0.2, 0.25) is 11.7 Å². The number of piperidine rings is 1. The lowest BCUT2D eigenvalue weighted by Gasteiger charge is -2.42. The minimum absolute atomic E-state index is 0.134. The highest BCUT2D eigenvalue weighted by molar-refractivity contribution is 5.93. The van der Waals surface area contributed by atoms with Crippen LogP contribution in [-0.2, 0) is 4.79 Å². The fourth-order valence-corrected chi connectivity index (χ4v) is 4.56. The molecule has 0 unspecified atom stereocenters. The van der Waals surface area contributed by atoms with Crippen molar-refractivity contribution >= 4 is 11.8 Å². The first-order valence-electron chi connectivity index (χ1n) is 10.0. The van der Waals surface area contributed by atoms with Crippen molar-refractivity contribution in [2.24, 2.45) is 11.3 Å². The number of nitrogens with zero attached hydrogens (tertiary/aromatic N) is 3. The highest BCUT2D eigenvalue weighted by Gasteiger charge is 2.50. The molecule has 6 heteroatoms. The molecule has 1 aromatic rings. The van der Waals surface area contributed by atoms with Crippen LogP contribution in [-0.4, -0.2) is 52.9 Å². The smallest absolute Gasteiger partial charge is 0.292 e. The number of amides is 2. The largest absolute Gasteiger partial charge is 0.351 e. The van der Waals surface area contributed by atoms with Crippen molar-refractivity contribution in [1.29, 1.82) is 0 Å². The monoisotopic (exact) mass is 359 g/mol. The molecule has 3 aliphatic rings. The topological polar surface area (TPSA) is 66.7 Å². The number of carbonyl (C=O) groups excluding carboxylic acids is 2. The zero-order valence-electron chi connectivity index (χ0n) is 15.9. The molecule has 3 fully saturated rings. The number of rotatable bonds is 4. The second-order valence-corrected chi connectivity index (χ2v) is 8.68. The van der Waals surface area contributed by atoms with Crippen molar-refractivity contribution in [2.45, 2.75) is 58.3 Å². The number of likely N-dealkylation sites (tertiary alicyclic amines) is 2. The molecule has 0 N–H and O–H groups in total. The van der Waals surface area contributed by atoms with Crippen molar-refractivity contribution < 1.29 is 14.1 Å². The summed E-state index contributed by atoms with van der Waals surface area (Å²) in [5.74, 6) is 1.35. The van der Waals surface area contributed by atoms with Crippen LogP contribution in [0.1, 0.15) is 74.5 Å². The third-order valence-electron chi connectivity index (χ3n) is 6.50. The van der Waals surface area contributed by atoms with Crippen molar-refractivity contribution in [3.63, 3.8) is 0 Å². The summed E-state index contributed by atoms with van der Waals surface area (Å²) < 4.78 is 5.26. The van der Waals surface area contributed by atoms with Gasteiger partial charge >= 0.3 is 0 Å². The van der Waals surface area contributed by atoms with Crippen LogP contribution in [0.25, 0.3) is 0 Å². The average Bonchev–Trinajstić information content (AvgIpc) is 3.22. The van der Waals surface area contributed by atoms with Crippen LogP contribution in [0.15, 0.2) is 10.6 Å². The molecule has 2 aliphatic heterocycles. The maximum absolute atomic E-state index is 13.2. The van der Waals surface area contributed by atoms with Crippen LogP contribution in [0.5, 0.6) is 0 Å². The minimum atomic E-state index is -0.376. The van der Waals surface area contributed by atoms with Gasteiger partial charge in [-0.2, -0.15) is 0 Å². The van der Waals surface area contributed by atoms with E-state index in [9.17, 15) is 9.59 Å². The fraction of sp³-hybridized carbons (Fsp3) is 0.750. The molecule has 1 spiro atoms. The Hall–Kier alpha value is -1.85. The number of hydrogen-bond acceptors (Lipinski definition) is 4. The molecule has 1 atom stereocenters. The predicted octanol–water partition coefficient (Wildman–Crippen LogP) is 3.05. The van der Waals surface area contributed by atoms with E-state index in [0.29, 0.717) is 24.8 Å². The van der Waals surface area contributed by atoms with E-state index in [1.165, 1.54) is 19.3 Å². The first-order valence-corrected chi connectivity index (χ1v) is 10.0. The van der Waals surface area contributed by atoms with E-state index in [-0.39, 0.29) is 23.1 Å². The molecular weight excluding hydrogens is 330 g/mol. The molecule has 26 heavy (non-hydrogen) atoms. The minimum Gasteiger partial charge on any atom is -0.351 e. The van der Waals surface area contributed by atoms with Gasteiger partial charge in [0.1, 0.15) is 0 Å². The van der Waals surface area contributed by atoms with E-state index in [0.717, 1.165) is 38.0 Å². The van der Waals surface area contributed by atoms with Crippen LogP contribution in [0.3, 0.4) is 0 Å². The lowest BCUT2D eigenvalue weighted by Crippen LogP contribution is -2.52. The van der Waals surface area contributed by atoms with E-state index in [1.54, 1.807) is 11.0 Å². The molecule has 0 bridgehead atoms. The van der Waals surface area contributed by atoms with Gasteiger partial charge in [-0.25, -0.2) is 0 Å². The van der Waals surface area contributed by atoms with Crippen molar-refractivity contribution in [3.8, 4) is 0 Å². The number of aromatic nitrogens is 1. The molecule has 1 saturated carbocycles. The zero-order valence-corrected chi connectivity index (χ0v) is 15.9. The van der Waals surface area contributed by atoms with Gasteiger partial charge in [-0.1, -0.05) is 25.4 Å². The molecule has 2 amide bonds. The maximum atomic E-state index is 13.2. The summed E-state index contributed by atoms with van der Waals surface area (Å²) in [7, 11) is 0. The van der Waals surface area contributed by atoms with Crippen LogP contribution in [0.2, 0.25) is 0 Å². The molecule has 0 aromatic carbocycles. The summed E-state index contributed by atoms with van der Waals surface area (Å²) in [6.45, 7) is 6.98. The first-order chi connectivity index (χ1) is 12.5. The predicted molar refractivity (Wildman–Crippen MR) is 96.7 cm³/mol. The van der Waals surface area contributed by atoms with E-state index in [4.69, 9.17) is 4.52 Å². The highest BCUT2D eigenvalue weighted by atomic mass is 16.5. The van der Waals surface area contributed by atoms with E-state index < -0.39 is 0 Å². The third-order valence-corrected chi connectivity index (χ3v) is 6.50. The first kappa shape index (κ1) is 17.6. The van der Waals surface area contributed by atoms with Gasteiger partial charge in [0, 0.05) is 32.2 Å². The van der Waals surface area contributed by atoms with Crippen LogP contribution in [0, 0.1) is 11.3 Å². The maximum Gasteiger partial charge on any atom is 0.292 e. The Morgan fingerprint density at radius 1 is 1.31 bits per heavy atom. The lowest BCUT2D eigenvalue weighted by atomic mass is 9.77. The van der Waals surface area contributed by atoms with Crippen LogP contribution in [0.4, 0.5) is 0 Å². The van der Waals surface area contributed by atoms with Crippen molar-refractivity contribution in [2.75, 3.05) is 26.2 Å². The van der Waals surface area contributed by atoms with E-state index in [1.807, 2.05) is 13.8 Å². The van der Waals surface area contributed by atoms with Gasteiger partial charge in [-0.15, -0.1) is 0 Å². The normalized spacial score (nSPS) is 26.8. The van der Waals surface area contributed by atoms with Crippen molar-refractivity contribution in [1.82, 2.24) is 15.0 Å². The molecule has 3 heterocycles. The summed E-state index contributed by atoms with van der Waals surface area (Å²) in [6, 6.07) is 1.74. The Bertz CT molecular complexity index is 694. The molecule has 1 aliphatic carbocycles. The lowest BCUT2D eigenvalue weighted by molar-refractivity contribution is -0.146. The molecule has 4 rings (SSSR count). The molecule has 2 saturated heterocycles. The summed E-state index contributed by atoms with van der Waals surface area (Å²) in [5.41, 5.74) is 0.418. The standard InChI is InChI=1S/C20H29N3O3/c1-14(2)16-11-17(26-21-16)18(24)23-10-8-20(13-23)7-4-9-22(19(20)25)12-15-5-3-6-15/h11,14-15H,3-10,12-13H2,1-2H3/t20-/m1/s1. The number of hydrogen-bond donors (Lipinski definition) is 0. The second-order valence-electron chi connectivity index (χ2n) is 8.68. The molecule has 0 radical (unpaired) electrons. The second kappa shape index (κ2) is 6.71.